The van der Waals surface area contributed by atoms with E-state index in [1.165, 1.54) is 15.6 Å². The van der Waals surface area contributed by atoms with E-state index in [0.717, 1.165) is 43.8 Å². The minimum Gasteiger partial charge on any atom is -0.309 e. The summed E-state index contributed by atoms with van der Waals surface area (Å²) in [6, 6.07) is 60.8. The summed E-state index contributed by atoms with van der Waals surface area (Å²) in [6.07, 6.45) is 0. The van der Waals surface area contributed by atoms with Gasteiger partial charge in [0.1, 0.15) is 0 Å². The highest BCUT2D eigenvalue weighted by atomic mass is 28.3. The van der Waals surface area contributed by atoms with Crippen LogP contribution in [-0.2, 0) is 0 Å². The van der Waals surface area contributed by atoms with Crippen molar-refractivity contribution in [1.82, 2.24) is 4.57 Å². The lowest BCUT2D eigenvalue weighted by Crippen LogP contribution is -2.74. The Kier molecular flexibility index (Phi) is 7.63. The lowest BCUT2D eigenvalue weighted by molar-refractivity contribution is 1.18. The highest BCUT2D eigenvalue weighted by Crippen LogP contribution is 2.36. The van der Waals surface area contributed by atoms with Crippen molar-refractivity contribution in [1.29, 1.82) is 5.26 Å². The number of nitrogens with zero attached hydrogens (tertiary/aromatic N) is 4. The summed E-state index contributed by atoms with van der Waals surface area (Å²) >= 11 is 0. The summed E-state index contributed by atoms with van der Waals surface area (Å²) in [5, 5.41) is 16.4. The molecule has 0 saturated carbocycles. The molecule has 50 heavy (non-hydrogen) atoms. The molecule has 1 aromatic heterocycles. The molecule has 0 fully saturated rings. The molecule has 0 N–H and O–H groups in total. The van der Waals surface area contributed by atoms with Crippen LogP contribution in [0.25, 0.3) is 48.3 Å². The van der Waals surface area contributed by atoms with Gasteiger partial charge in [0.05, 0.1) is 35.8 Å². The summed E-state index contributed by atoms with van der Waals surface area (Å²) in [5.41, 5.74) is 6.66. The Morgan fingerprint density at radius 3 is 1.56 bits per heavy atom. The number of rotatable bonds is 6. The third-order valence-corrected chi connectivity index (χ3v) is 14.3. The van der Waals surface area contributed by atoms with Crippen molar-refractivity contribution in [3.05, 3.63) is 198 Å². The van der Waals surface area contributed by atoms with Gasteiger partial charge in [-0.25, -0.2) is 9.69 Å². The SMILES string of the molecule is [C-]#[N+]c1cc(-c2ccc(-n3c4ccc(C#N)cc4c4cc([N+]#[C-])ccc43)cc2)cc([Si](c2ccccc2)(c2ccccc2)c2ccccc2)c1. The largest absolute Gasteiger partial charge is 0.309 e. The fraction of sp³-hybridized carbons (Fsp3) is 0. The average Bonchev–Trinajstić information content (AvgIpc) is 3.52. The van der Waals surface area contributed by atoms with Crippen molar-refractivity contribution in [3.63, 3.8) is 0 Å². The molecular formula is C45H28N4Si. The zero-order chi connectivity index (χ0) is 34.1. The summed E-state index contributed by atoms with van der Waals surface area (Å²) in [5.74, 6) is 0. The Hall–Kier alpha value is -6.97. The van der Waals surface area contributed by atoms with Crippen molar-refractivity contribution < 1.29 is 0 Å². The van der Waals surface area contributed by atoms with Crippen LogP contribution < -0.4 is 20.7 Å². The van der Waals surface area contributed by atoms with Gasteiger partial charge >= 0.3 is 0 Å². The number of hydrogen-bond acceptors (Lipinski definition) is 1. The summed E-state index contributed by atoms with van der Waals surface area (Å²) < 4.78 is 2.18. The predicted octanol–water partition coefficient (Wildman–Crippen LogP) is 8.80. The molecule has 4 nitrogen and oxygen atoms in total. The highest BCUT2D eigenvalue weighted by molar-refractivity contribution is 7.20. The average molecular weight is 653 g/mol. The van der Waals surface area contributed by atoms with Gasteiger partial charge in [-0.1, -0.05) is 127 Å². The van der Waals surface area contributed by atoms with Gasteiger partial charge in [-0.3, -0.25) is 0 Å². The quantitative estimate of drug-likeness (QED) is 0.101. The Labute approximate surface area is 292 Å². The zero-order valence-corrected chi connectivity index (χ0v) is 28.0. The van der Waals surface area contributed by atoms with Gasteiger partial charge in [-0.2, -0.15) is 5.26 Å². The summed E-state index contributed by atoms with van der Waals surface area (Å²) in [4.78, 5) is 7.64. The van der Waals surface area contributed by atoms with E-state index in [1.54, 1.807) is 0 Å². The van der Waals surface area contributed by atoms with E-state index in [0.29, 0.717) is 16.9 Å². The van der Waals surface area contributed by atoms with Crippen LogP contribution in [-0.4, -0.2) is 12.6 Å². The van der Waals surface area contributed by atoms with Crippen LogP contribution in [0.1, 0.15) is 5.56 Å². The van der Waals surface area contributed by atoms with Gasteiger partial charge < -0.3 is 4.57 Å². The first kappa shape index (κ1) is 30.4. The molecule has 0 amide bonds. The van der Waals surface area contributed by atoms with E-state index in [-0.39, 0.29) is 0 Å². The Morgan fingerprint density at radius 1 is 0.480 bits per heavy atom. The maximum Gasteiger partial charge on any atom is 0.188 e. The Bertz CT molecular complexity index is 2490. The van der Waals surface area contributed by atoms with Gasteiger partial charge in [0, 0.05) is 11.1 Å². The van der Waals surface area contributed by atoms with E-state index in [9.17, 15) is 5.26 Å². The maximum atomic E-state index is 9.61. The third kappa shape index (κ3) is 4.97. The second kappa shape index (κ2) is 12.6. The number of benzene rings is 7. The van der Waals surface area contributed by atoms with Gasteiger partial charge in [-0.15, -0.1) is 0 Å². The normalized spacial score (nSPS) is 11.1. The molecule has 0 aliphatic heterocycles. The Morgan fingerprint density at radius 2 is 1.02 bits per heavy atom. The van der Waals surface area contributed by atoms with Crippen molar-refractivity contribution in [3.8, 4) is 22.9 Å². The topological polar surface area (TPSA) is 37.4 Å². The van der Waals surface area contributed by atoms with Crippen LogP contribution in [0.3, 0.4) is 0 Å². The van der Waals surface area contributed by atoms with Crippen LogP contribution in [0.2, 0.25) is 0 Å². The molecule has 1 heterocycles. The van der Waals surface area contributed by atoms with Gasteiger partial charge in [0.15, 0.2) is 19.4 Å². The van der Waals surface area contributed by atoms with E-state index >= 15 is 0 Å². The first-order valence-electron chi connectivity index (χ1n) is 16.3. The van der Waals surface area contributed by atoms with Gasteiger partial charge in [0.25, 0.3) is 0 Å². The van der Waals surface area contributed by atoms with Crippen LogP contribution >= 0.6 is 0 Å². The van der Waals surface area contributed by atoms with Crippen molar-refractivity contribution in [2.45, 2.75) is 0 Å². The molecule has 0 aliphatic carbocycles. The second-order valence-corrected chi connectivity index (χ2v) is 16.1. The predicted molar refractivity (Wildman–Crippen MR) is 207 cm³/mol. The summed E-state index contributed by atoms with van der Waals surface area (Å²) in [6.45, 7) is 15.7. The second-order valence-electron chi connectivity index (χ2n) is 12.3. The van der Waals surface area contributed by atoms with Crippen LogP contribution in [0.5, 0.6) is 0 Å². The van der Waals surface area contributed by atoms with Crippen LogP contribution in [0.15, 0.2) is 170 Å². The minimum atomic E-state index is -2.83. The Balaban J connectivity index is 1.32. The lowest BCUT2D eigenvalue weighted by atomic mass is 10.0. The molecule has 7 aromatic carbocycles. The van der Waals surface area contributed by atoms with Gasteiger partial charge in [-0.05, 0) is 80.6 Å². The number of nitriles is 1. The third-order valence-electron chi connectivity index (χ3n) is 9.57. The van der Waals surface area contributed by atoms with Crippen molar-refractivity contribution in [2.75, 3.05) is 0 Å². The molecule has 232 valence electrons. The molecule has 0 saturated heterocycles. The van der Waals surface area contributed by atoms with E-state index in [1.807, 2.05) is 42.5 Å². The molecule has 8 aromatic rings. The molecule has 0 bridgehead atoms. The van der Waals surface area contributed by atoms with E-state index in [2.05, 4.69) is 148 Å². The van der Waals surface area contributed by atoms with Crippen LogP contribution in [0, 0.1) is 24.5 Å². The fourth-order valence-corrected chi connectivity index (χ4v) is 12.2. The van der Waals surface area contributed by atoms with E-state index in [4.69, 9.17) is 13.1 Å². The van der Waals surface area contributed by atoms with Crippen molar-refractivity contribution >= 4 is 62.0 Å². The first-order valence-corrected chi connectivity index (χ1v) is 18.3. The molecule has 0 spiro atoms. The number of fused-ring (bicyclic) bond motifs is 3. The molecular weight excluding hydrogens is 625 g/mol. The van der Waals surface area contributed by atoms with Crippen molar-refractivity contribution in [2.24, 2.45) is 0 Å². The monoisotopic (exact) mass is 652 g/mol. The smallest absolute Gasteiger partial charge is 0.188 e. The molecule has 5 heteroatoms. The van der Waals surface area contributed by atoms with E-state index < -0.39 is 8.07 Å². The minimum absolute atomic E-state index is 0.561. The van der Waals surface area contributed by atoms with Crippen LogP contribution in [0.4, 0.5) is 11.4 Å². The number of aromatic nitrogens is 1. The maximum absolute atomic E-state index is 9.61. The summed E-state index contributed by atoms with van der Waals surface area (Å²) in [7, 11) is -2.83. The highest BCUT2D eigenvalue weighted by Gasteiger charge is 2.41. The molecule has 0 atom stereocenters. The molecule has 0 radical (unpaired) electrons. The lowest BCUT2D eigenvalue weighted by Gasteiger charge is -2.35. The zero-order valence-electron chi connectivity index (χ0n) is 27.0. The molecule has 0 aliphatic rings. The molecule has 0 unspecified atom stereocenters. The molecule has 8 rings (SSSR count). The standard InChI is InChI=1S/C45H28N4Si/c1-47-35-21-25-45-43(30-35)42-26-32(31-46)18-24-44(42)49(45)37-22-19-33(20-23-37)34-27-36(48-2)29-41(28-34)50(38-12-6-3-7-13-38,39-14-8-4-9-15-39)40-16-10-5-11-17-40/h3-30H. The number of hydrogen-bond donors (Lipinski definition) is 0. The van der Waals surface area contributed by atoms with Gasteiger partial charge in [0.2, 0.25) is 0 Å². The fourth-order valence-electron chi connectivity index (χ4n) is 7.35. The first-order chi connectivity index (χ1) is 24.6.